The van der Waals surface area contributed by atoms with E-state index >= 15 is 0 Å². The minimum absolute atomic E-state index is 0.0787. The summed E-state index contributed by atoms with van der Waals surface area (Å²) in [6, 6.07) is 0. The molecule has 5 heteroatoms. The van der Waals surface area contributed by atoms with E-state index in [0.29, 0.717) is 0 Å². The monoisotopic (exact) mass is 142 g/mol. The number of H-pyrrole nitrogens is 2. The topological polar surface area (TPSA) is 86.0 Å². The first-order valence-corrected chi connectivity index (χ1v) is 2.63. The Morgan fingerprint density at radius 3 is 2.30 bits per heavy atom. The molecule has 0 atom stereocenters. The number of ketones is 1. The third-order valence-electron chi connectivity index (χ3n) is 1.06. The van der Waals surface area contributed by atoms with Gasteiger partial charge in [-0.25, -0.2) is 4.79 Å². The summed E-state index contributed by atoms with van der Waals surface area (Å²) in [7, 11) is 0. The van der Waals surface area contributed by atoms with Gasteiger partial charge in [0.1, 0.15) is 5.69 Å². The predicted molar refractivity (Wildman–Crippen MR) is 33.1 cm³/mol. The van der Waals surface area contributed by atoms with E-state index in [1.807, 2.05) is 4.98 Å². The molecular weight excluding hydrogens is 136 g/mol. The molecule has 0 aromatic carbocycles. The van der Waals surface area contributed by atoms with Crippen LogP contribution in [0.3, 0.4) is 0 Å². The Balaban J connectivity index is 3.28. The molecule has 54 valence electrons. The molecule has 1 aromatic rings. The molecule has 0 radical (unpaired) electrons. The van der Waals surface area contributed by atoms with Crippen LogP contribution in [0, 0.1) is 0 Å². The van der Waals surface area contributed by atoms with Gasteiger partial charge in [-0.05, 0) is 0 Å². The molecule has 0 aliphatic carbocycles. The minimum atomic E-state index is -0.581. The van der Waals surface area contributed by atoms with Crippen molar-refractivity contribution in [3.63, 3.8) is 0 Å². The number of nitrogens with one attached hydrogen (secondary N) is 2. The third kappa shape index (κ3) is 0.928. The van der Waals surface area contributed by atoms with Crippen LogP contribution >= 0.6 is 0 Å². The van der Waals surface area contributed by atoms with E-state index < -0.39 is 11.6 Å². The van der Waals surface area contributed by atoms with Crippen LogP contribution in [0.25, 0.3) is 0 Å². The molecule has 1 heterocycles. The molecule has 10 heavy (non-hydrogen) atoms. The zero-order valence-corrected chi connectivity index (χ0v) is 5.26. The Bertz CT molecular complexity index is 309. The van der Waals surface area contributed by atoms with E-state index in [1.54, 1.807) is 0 Å². The fraction of sp³-hybridized carbons (Fsp3) is 0.200. The second-order valence-electron chi connectivity index (χ2n) is 1.86. The standard InChI is InChI=1S/C5H6N2O3/c1-2(8)3-4(9)7-5(10)6-3/h9H,1H3,(H2,6,7,10). The first-order chi connectivity index (χ1) is 4.61. The van der Waals surface area contributed by atoms with Crippen LogP contribution in [0.4, 0.5) is 0 Å². The van der Waals surface area contributed by atoms with Gasteiger partial charge in [0.05, 0.1) is 0 Å². The second kappa shape index (κ2) is 2.02. The highest BCUT2D eigenvalue weighted by Gasteiger charge is 2.08. The van der Waals surface area contributed by atoms with Gasteiger partial charge in [-0.2, -0.15) is 0 Å². The maximum absolute atomic E-state index is 10.5. The van der Waals surface area contributed by atoms with Gasteiger partial charge in [-0.15, -0.1) is 0 Å². The summed E-state index contributed by atoms with van der Waals surface area (Å²) in [5.41, 5.74) is -0.660. The van der Waals surface area contributed by atoms with Gasteiger partial charge < -0.3 is 5.11 Å². The summed E-state index contributed by atoms with van der Waals surface area (Å²) in [6.07, 6.45) is 0. The number of imidazole rings is 1. The summed E-state index contributed by atoms with van der Waals surface area (Å²) in [6.45, 7) is 1.25. The van der Waals surface area contributed by atoms with E-state index in [0.717, 1.165) is 0 Å². The van der Waals surface area contributed by atoms with E-state index in [9.17, 15) is 9.59 Å². The fourth-order valence-corrected chi connectivity index (χ4v) is 0.629. The molecule has 0 amide bonds. The second-order valence-corrected chi connectivity index (χ2v) is 1.86. The van der Waals surface area contributed by atoms with Crippen molar-refractivity contribution in [2.24, 2.45) is 0 Å². The van der Waals surface area contributed by atoms with Crippen molar-refractivity contribution >= 4 is 5.78 Å². The number of aromatic hydroxyl groups is 1. The zero-order valence-electron chi connectivity index (χ0n) is 5.26. The summed E-state index contributed by atoms with van der Waals surface area (Å²) >= 11 is 0. The maximum Gasteiger partial charge on any atom is 0.326 e. The molecule has 0 fully saturated rings. The summed E-state index contributed by atoms with van der Waals surface area (Å²) in [5.74, 6) is -0.784. The number of hydrogen-bond acceptors (Lipinski definition) is 3. The quantitative estimate of drug-likeness (QED) is 0.467. The largest absolute Gasteiger partial charge is 0.493 e. The van der Waals surface area contributed by atoms with Gasteiger partial charge in [0.2, 0.25) is 5.88 Å². The Kier molecular flexibility index (Phi) is 1.33. The van der Waals surface area contributed by atoms with Crippen LogP contribution in [0.1, 0.15) is 17.4 Å². The summed E-state index contributed by atoms with van der Waals surface area (Å²) < 4.78 is 0. The summed E-state index contributed by atoms with van der Waals surface area (Å²) in [4.78, 5) is 25.1. The Morgan fingerprint density at radius 1 is 1.50 bits per heavy atom. The van der Waals surface area contributed by atoms with Gasteiger partial charge in [-0.3, -0.25) is 14.8 Å². The maximum atomic E-state index is 10.5. The molecule has 0 bridgehead atoms. The van der Waals surface area contributed by atoms with Crippen molar-refractivity contribution in [2.45, 2.75) is 6.92 Å². The van der Waals surface area contributed by atoms with Crippen molar-refractivity contribution in [3.8, 4) is 5.88 Å². The lowest BCUT2D eigenvalue weighted by Gasteiger charge is -1.86. The lowest BCUT2D eigenvalue weighted by atomic mass is 10.3. The Hall–Kier alpha value is -1.52. The molecule has 0 spiro atoms. The van der Waals surface area contributed by atoms with E-state index in [-0.39, 0.29) is 11.5 Å². The molecule has 1 aromatic heterocycles. The molecule has 1 rings (SSSR count). The fourth-order valence-electron chi connectivity index (χ4n) is 0.629. The first-order valence-electron chi connectivity index (χ1n) is 2.63. The smallest absolute Gasteiger partial charge is 0.326 e. The van der Waals surface area contributed by atoms with Gasteiger partial charge in [0, 0.05) is 6.92 Å². The van der Waals surface area contributed by atoms with E-state index in [2.05, 4.69) is 4.98 Å². The number of hydrogen-bond donors (Lipinski definition) is 3. The predicted octanol–water partition coefficient (Wildman–Crippen LogP) is -0.389. The van der Waals surface area contributed by atoms with Crippen LogP contribution in [0.2, 0.25) is 0 Å². The zero-order chi connectivity index (χ0) is 7.72. The molecule has 0 saturated heterocycles. The number of carbonyl (C=O) groups excluding carboxylic acids is 1. The molecule has 3 N–H and O–H groups in total. The highest BCUT2D eigenvalue weighted by molar-refractivity contribution is 5.94. The van der Waals surface area contributed by atoms with Crippen molar-refractivity contribution in [1.29, 1.82) is 0 Å². The normalized spacial score (nSPS) is 9.70. The van der Waals surface area contributed by atoms with Crippen LogP contribution in [-0.4, -0.2) is 20.9 Å². The average molecular weight is 142 g/mol. The molecule has 0 saturated carbocycles. The van der Waals surface area contributed by atoms with Crippen molar-refractivity contribution in [2.75, 3.05) is 0 Å². The molecular formula is C5H6N2O3. The Morgan fingerprint density at radius 2 is 2.10 bits per heavy atom. The molecule has 0 aliphatic heterocycles. The number of rotatable bonds is 1. The number of aromatic amines is 2. The minimum Gasteiger partial charge on any atom is -0.493 e. The van der Waals surface area contributed by atoms with Crippen molar-refractivity contribution in [1.82, 2.24) is 9.97 Å². The van der Waals surface area contributed by atoms with Crippen molar-refractivity contribution in [3.05, 3.63) is 16.2 Å². The number of Topliss-reactive ketones (excluding diaryl/α,β-unsaturated/α-hetero) is 1. The van der Waals surface area contributed by atoms with Crippen LogP contribution in [0.5, 0.6) is 5.88 Å². The van der Waals surface area contributed by atoms with Crippen LogP contribution < -0.4 is 5.69 Å². The SMILES string of the molecule is CC(=O)c1[nH]c(=O)[nH]c1O. The highest BCUT2D eigenvalue weighted by Crippen LogP contribution is 2.06. The lowest BCUT2D eigenvalue weighted by molar-refractivity contribution is 0.101. The van der Waals surface area contributed by atoms with Gasteiger partial charge >= 0.3 is 5.69 Å². The van der Waals surface area contributed by atoms with E-state index in [1.165, 1.54) is 6.92 Å². The van der Waals surface area contributed by atoms with Crippen LogP contribution in [0.15, 0.2) is 4.79 Å². The Labute approximate surface area is 55.7 Å². The third-order valence-corrected chi connectivity index (χ3v) is 1.06. The number of carbonyl (C=O) groups is 1. The molecule has 5 nitrogen and oxygen atoms in total. The van der Waals surface area contributed by atoms with Gasteiger partial charge in [0.15, 0.2) is 5.78 Å². The van der Waals surface area contributed by atoms with Gasteiger partial charge in [0.25, 0.3) is 0 Å². The van der Waals surface area contributed by atoms with Crippen molar-refractivity contribution < 1.29 is 9.90 Å². The summed E-state index contributed by atoms with van der Waals surface area (Å²) in [5, 5.41) is 8.79. The molecule has 0 aliphatic rings. The number of aromatic nitrogens is 2. The first kappa shape index (κ1) is 6.60. The molecule has 0 unspecified atom stereocenters. The van der Waals surface area contributed by atoms with Gasteiger partial charge in [-0.1, -0.05) is 0 Å². The highest BCUT2D eigenvalue weighted by atomic mass is 16.3. The van der Waals surface area contributed by atoms with E-state index in [4.69, 9.17) is 5.11 Å². The lowest BCUT2D eigenvalue weighted by Crippen LogP contribution is -2.02. The average Bonchev–Trinajstić information content (AvgIpc) is 2.10. The van der Waals surface area contributed by atoms with Crippen LogP contribution in [-0.2, 0) is 0 Å².